The predicted molar refractivity (Wildman–Crippen MR) is 156 cm³/mol. The number of nitrogens with zero attached hydrogens (tertiary/aromatic N) is 1. The van der Waals surface area contributed by atoms with Gasteiger partial charge in [-0.25, -0.2) is 4.98 Å². The summed E-state index contributed by atoms with van der Waals surface area (Å²) in [4.78, 5) is 17.3. The largest absolute Gasteiger partial charge is 0.451 e. The van der Waals surface area contributed by atoms with Gasteiger partial charge in [0.2, 0.25) is 5.89 Å². The van der Waals surface area contributed by atoms with Crippen LogP contribution in [-0.4, -0.2) is 16.0 Å². The third-order valence-electron chi connectivity index (χ3n) is 6.50. The Morgan fingerprint density at radius 1 is 1.00 bits per heavy atom. The lowest BCUT2D eigenvalue weighted by Gasteiger charge is -2.09. The van der Waals surface area contributed by atoms with Gasteiger partial charge in [0.05, 0.1) is 0 Å². The Balaban J connectivity index is 1.22. The summed E-state index contributed by atoms with van der Waals surface area (Å²) in [6, 6.07) is 22.5. The highest BCUT2D eigenvalue weighted by molar-refractivity contribution is 7.80. The number of halogens is 1. The van der Waals surface area contributed by atoms with Gasteiger partial charge in [0.1, 0.15) is 11.3 Å². The average Bonchev–Trinajstić information content (AvgIpc) is 3.57. The molecule has 0 bridgehead atoms. The number of furan rings is 1. The van der Waals surface area contributed by atoms with Crippen molar-refractivity contribution in [3.05, 3.63) is 94.7 Å². The number of nitrogens with one attached hydrogen (secondary N) is 2. The predicted octanol–water partition coefficient (Wildman–Crippen LogP) is 8.36. The highest BCUT2D eigenvalue weighted by atomic mass is 35.5. The van der Waals surface area contributed by atoms with E-state index in [4.69, 9.17) is 32.7 Å². The Hall–Kier alpha value is -3.94. The van der Waals surface area contributed by atoms with Crippen molar-refractivity contribution in [3.63, 3.8) is 0 Å². The third kappa shape index (κ3) is 5.49. The van der Waals surface area contributed by atoms with Crippen molar-refractivity contribution in [2.75, 3.05) is 5.32 Å². The molecule has 0 unspecified atom stereocenters. The zero-order valence-corrected chi connectivity index (χ0v) is 22.7. The molecular formula is C30H26ClN3O3S. The first-order valence-corrected chi connectivity index (χ1v) is 13.1. The Morgan fingerprint density at radius 3 is 2.50 bits per heavy atom. The first-order valence-electron chi connectivity index (χ1n) is 12.3. The normalized spacial score (nSPS) is 11.9. The van der Waals surface area contributed by atoms with Crippen LogP contribution in [0.5, 0.6) is 0 Å². The molecule has 8 heteroatoms. The lowest BCUT2D eigenvalue weighted by Crippen LogP contribution is -2.33. The average molecular weight is 544 g/mol. The van der Waals surface area contributed by atoms with E-state index in [1.807, 2.05) is 49.4 Å². The fourth-order valence-corrected chi connectivity index (χ4v) is 4.39. The molecule has 192 valence electrons. The zero-order chi connectivity index (χ0) is 26.8. The van der Waals surface area contributed by atoms with Crippen LogP contribution in [0.3, 0.4) is 0 Å². The Bertz CT molecular complexity index is 1640. The Kier molecular flexibility index (Phi) is 7.31. The number of thiocarbonyl (C=S) groups is 1. The minimum Gasteiger partial charge on any atom is -0.451 e. The van der Waals surface area contributed by atoms with Crippen LogP contribution < -0.4 is 10.6 Å². The molecule has 0 aliphatic heterocycles. The first-order chi connectivity index (χ1) is 18.3. The lowest BCUT2D eigenvalue weighted by atomic mass is 9.98. The van der Waals surface area contributed by atoms with E-state index in [9.17, 15) is 4.79 Å². The van der Waals surface area contributed by atoms with Gasteiger partial charge >= 0.3 is 0 Å². The monoisotopic (exact) mass is 543 g/mol. The molecule has 0 saturated carbocycles. The van der Waals surface area contributed by atoms with Gasteiger partial charge in [0, 0.05) is 21.8 Å². The number of oxazole rings is 1. The van der Waals surface area contributed by atoms with E-state index in [0.29, 0.717) is 28.3 Å². The summed E-state index contributed by atoms with van der Waals surface area (Å²) < 4.78 is 11.7. The van der Waals surface area contributed by atoms with Gasteiger partial charge in [-0.2, -0.15) is 0 Å². The van der Waals surface area contributed by atoms with E-state index in [1.165, 1.54) is 5.56 Å². The summed E-state index contributed by atoms with van der Waals surface area (Å²) >= 11 is 11.5. The van der Waals surface area contributed by atoms with Crippen LogP contribution in [0.25, 0.3) is 33.9 Å². The Labute approximate surface area is 231 Å². The number of rotatable bonds is 6. The summed E-state index contributed by atoms with van der Waals surface area (Å²) in [6.45, 7) is 6.30. The van der Waals surface area contributed by atoms with Gasteiger partial charge in [-0.05, 0) is 97.2 Å². The molecule has 2 heterocycles. The number of amides is 1. The summed E-state index contributed by atoms with van der Waals surface area (Å²) in [6.07, 6.45) is 1.07. The van der Waals surface area contributed by atoms with Crippen molar-refractivity contribution in [1.29, 1.82) is 0 Å². The number of aryl methyl sites for hydroxylation is 1. The summed E-state index contributed by atoms with van der Waals surface area (Å²) in [5, 5.41) is 6.44. The van der Waals surface area contributed by atoms with E-state index in [2.05, 4.69) is 41.6 Å². The number of hydrogen-bond donors (Lipinski definition) is 2. The number of benzene rings is 3. The molecule has 0 fully saturated rings. The zero-order valence-electron chi connectivity index (χ0n) is 21.2. The standard InChI is InChI=1S/C30H26ClN3O3S/c1-4-17(2)20-9-12-26-24(16-20)33-29(37-26)19-7-10-22(11-8-19)32-30(38)34-28(35)27-14-13-25(36-27)21-6-5-18(3)23(31)15-21/h5-17H,4H2,1-3H3,(H2,32,34,35,38)/t17-/m1/s1. The van der Waals surface area contributed by atoms with Crippen LogP contribution in [0.15, 0.2) is 81.6 Å². The molecule has 2 aromatic heterocycles. The minimum atomic E-state index is -0.452. The fraction of sp³-hybridized carbons (Fsp3) is 0.167. The maximum Gasteiger partial charge on any atom is 0.293 e. The molecule has 38 heavy (non-hydrogen) atoms. The molecule has 2 N–H and O–H groups in total. The van der Waals surface area contributed by atoms with E-state index >= 15 is 0 Å². The van der Waals surface area contributed by atoms with Crippen LogP contribution in [-0.2, 0) is 0 Å². The molecule has 1 atom stereocenters. The highest BCUT2D eigenvalue weighted by Crippen LogP contribution is 2.29. The molecule has 0 aliphatic carbocycles. The molecule has 3 aromatic carbocycles. The second kappa shape index (κ2) is 10.8. The number of carbonyl (C=O) groups is 1. The van der Waals surface area contributed by atoms with E-state index in [-0.39, 0.29) is 10.9 Å². The second-order valence-electron chi connectivity index (χ2n) is 9.17. The van der Waals surface area contributed by atoms with Crippen molar-refractivity contribution in [1.82, 2.24) is 10.3 Å². The summed E-state index contributed by atoms with van der Waals surface area (Å²) in [7, 11) is 0. The highest BCUT2D eigenvalue weighted by Gasteiger charge is 2.15. The van der Waals surface area contributed by atoms with Crippen LogP contribution in [0, 0.1) is 6.92 Å². The van der Waals surface area contributed by atoms with Crippen molar-refractivity contribution < 1.29 is 13.6 Å². The molecule has 5 rings (SSSR count). The summed E-state index contributed by atoms with van der Waals surface area (Å²) in [5.74, 6) is 1.25. The smallest absolute Gasteiger partial charge is 0.293 e. The van der Waals surface area contributed by atoms with Crippen LogP contribution in [0.2, 0.25) is 5.02 Å². The third-order valence-corrected chi connectivity index (χ3v) is 7.11. The number of fused-ring (bicyclic) bond motifs is 1. The number of hydrogen-bond acceptors (Lipinski definition) is 5. The molecule has 5 aromatic rings. The minimum absolute atomic E-state index is 0.142. The van der Waals surface area contributed by atoms with Gasteiger partial charge in [-0.3, -0.25) is 10.1 Å². The maximum atomic E-state index is 12.6. The van der Waals surface area contributed by atoms with Gasteiger partial charge in [-0.1, -0.05) is 43.6 Å². The molecule has 6 nitrogen and oxygen atoms in total. The fourth-order valence-electron chi connectivity index (χ4n) is 3.99. The van der Waals surface area contributed by atoms with Crippen molar-refractivity contribution in [3.8, 4) is 22.8 Å². The molecule has 1 amide bonds. The number of anilines is 1. The van der Waals surface area contributed by atoms with Crippen LogP contribution >= 0.6 is 23.8 Å². The van der Waals surface area contributed by atoms with Crippen LogP contribution in [0.1, 0.15) is 47.9 Å². The molecular weight excluding hydrogens is 518 g/mol. The van der Waals surface area contributed by atoms with E-state index in [1.54, 1.807) is 18.2 Å². The lowest BCUT2D eigenvalue weighted by molar-refractivity contribution is 0.0951. The topological polar surface area (TPSA) is 80.3 Å². The molecule has 0 aliphatic rings. The molecule has 0 saturated heterocycles. The van der Waals surface area contributed by atoms with E-state index < -0.39 is 5.91 Å². The van der Waals surface area contributed by atoms with Crippen molar-refractivity contribution >= 4 is 51.6 Å². The maximum absolute atomic E-state index is 12.6. The van der Waals surface area contributed by atoms with Crippen molar-refractivity contribution in [2.24, 2.45) is 0 Å². The molecule has 0 radical (unpaired) electrons. The van der Waals surface area contributed by atoms with Crippen molar-refractivity contribution in [2.45, 2.75) is 33.1 Å². The van der Waals surface area contributed by atoms with Gasteiger partial charge in [0.25, 0.3) is 5.91 Å². The first kappa shape index (κ1) is 25.7. The van der Waals surface area contributed by atoms with Gasteiger partial charge in [0.15, 0.2) is 16.5 Å². The molecule has 0 spiro atoms. The van der Waals surface area contributed by atoms with Crippen LogP contribution in [0.4, 0.5) is 5.69 Å². The quantitative estimate of drug-likeness (QED) is 0.209. The van der Waals surface area contributed by atoms with Gasteiger partial charge in [-0.15, -0.1) is 0 Å². The van der Waals surface area contributed by atoms with Gasteiger partial charge < -0.3 is 14.2 Å². The second-order valence-corrected chi connectivity index (χ2v) is 9.98. The number of aromatic nitrogens is 1. The Morgan fingerprint density at radius 2 is 1.76 bits per heavy atom. The SMILES string of the molecule is CC[C@@H](C)c1ccc2oc(-c3ccc(NC(=S)NC(=O)c4ccc(-c5ccc(C)c(Cl)c5)o4)cc3)nc2c1. The summed E-state index contributed by atoms with van der Waals surface area (Å²) in [5.41, 5.74) is 6.15. The van der Waals surface area contributed by atoms with E-state index in [0.717, 1.165) is 34.2 Å². The number of carbonyl (C=O) groups excluding carboxylic acids is 1.